The lowest BCUT2D eigenvalue weighted by atomic mass is 10.0. The Labute approximate surface area is 140 Å². The van der Waals surface area contributed by atoms with E-state index >= 15 is 0 Å². The van der Waals surface area contributed by atoms with Crippen molar-refractivity contribution in [3.8, 4) is 0 Å². The molecule has 0 aromatic heterocycles. The summed E-state index contributed by atoms with van der Waals surface area (Å²) in [5.41, 5.74) is 3.44. The molecule has 0 saturated carbocycles. The highest BCUT2D eigenvalue weighted by Gasteiger charge is 2.15. The van der Waals surface area contributed by atoms with Crippen LogP contribution in [0.1, 0.15) is 38.0 Å². The lowest BCUT2D eigenvalue weighted by Gasteiger charge is -2.22. The molecule has 2 aromatic carbocycles. The molecule has 2 aromatic rings. The van der Waals surface area contributed by atoms with Gasteiger partial charge in [-0.2, -0.15) is 0 Å². The largest absolute Gasteiger partial charge is 0.387 e. The van der Waals surface area contributed by atoms with Gasteiger partial charge in [-0.15, -0.1) is 0 Å². The molecule has 0 heterocycles. The van der Waals surface area contributed by atoms with Gasteiger partial charge in [-0.05, 0) is 44.0 Å². The highest BCUT2D eigenvalue weighted by molar-refractivity contribution is 5.47. The molecule has 0 aliphatic heterocycles. The number of anilines is 1. The monoisotopic (exact) mass is 312 g/mol. The van der Waals surface area contributed by atoms with E-state index in [0.29, 0.717) is 0 Å². The first kappa shape index (κ1) is 17.5. The van der Waals surface area contributed by atoms with Crippen molar-refractivity contribution in [3.05, 3.63) is 65.7 Å². The van der Waals surface area contributed by atoms with Gasteiger partial charge in [-0.1, -0.05) is 42.5 Å². The van der Waals surface area contributed by atoms with Crippen molar-refractivity contribution in [3.63, 3.8) is 0 Å². The Morgan fingerprint density at radius 1 is 0.957 bits per heavy atom. The van der Waals surface area contributed by atoms with E-state index in [1.54, 1.807) is 0 Å². The second kappa shape index (κ2) is 8.70. The molecule has 0 bridgehead atoms. The van der Waals surface area contributed by atoms with Crippen LogP contribution in [0.4, 0.5) is 5.69 Å². The van der Waals surface area contributed by atoms with Crippen LogP contribution in [0.2, 0.25) is 0 Å². The smallest absolute Gasteiger partial charge is 0.0940 e. The molecule has 2 atom stereocenters. The van der Waals surface area contributed by atoms with Crippen LogP contribution in [0, 0.1) is 0 Å². The fourth-order valence-electron chi connectivity index (χ4n) is 2.74. The lowest BCUT2D eigenvalue weighted by molar-refractivity contribution is 0.135. The number of aliphatic hydroxyl groups is 1. The second-order valence-corrected chi connectivity index (χ2v) is 5.86. The Kier molecular flexibility index (Phi) is 6.63. The van der Waals surface area contributed by atoms with Crippen molar-refractivity contribution in [2.45, 2.75) is 39.5 Å². The molecule has 0 spiro atoms. The summed E-state index contributed by atoms with van der Waals surface area (Å²) in [4.78, 5) is 2.33. The number of benzene rings is 2. The summed E-state index contributed by atoms with van der Waals surface area (Å²) in [7, 11) is 0. The SMILES string of the molecule is CCN(CC)c1ccc(CNC(C)C(O)c2ccccc2)cc1. The van der Waals surface area contributed by atoms with Gasteiger partial charge in [0.25, 0.3) is 0 Å². The topological polar surface area (TPSA) is 35.5 Å². The minimum absolute atomic E-state index is 0.000131. The Hall–Kier alpha value is -1.84. The molecular weight excluding hydrogens is 284 g/mol. The standard InChI is InChI=1S/C20H28N2O/c1-4-22(5-2)19-13-11-17(12-14-19)15-21-16(3)20(23)18-9-7-6-8-10-18/h6-14,16,20-21,23H,4-5,15H2,1-3H3. The predicted octanol–water partition coefficient (Wildman–Crippen LogP) is 3.74. The van der Waals surface area contributed by atoms with Gasteiger partial charge in [0.1, 0.15) is 0 Å². The highest BCUT2D eigenvalue weighted by atomic mass is 16.3. The fraction of sp³-hybridized carbons (Fsp3) is 0.400. The first-order valence-electron chi connectivity index (χ1n) is 8.46. The maximum Gasteiger partial charge on any atom is 0.0940 e. The average molecular weight is 312 g/mol. The van der Waals surface area contributed by atoms with Gasteiger partial charge in [0.15, 0.2) is 0 Å². The quantitative estimate of drug-likeness (QED) is 0.779. The van der Waals surface area contributed by atoms with Gasteiger partial charge in [0, 0.05) is 31.4 Å². The molecule has 0 aliphatic rings. The van der Waals surface area contributed by atoms with Crippen LogP contribution >= 0.6 is 0 Å². The molecule has 0 aliphatic carbocycles. The third-order valence-electron chi connectivity index (χ3n) is 4.31. The first-order valence-corrected chi connectivity index (χ1v) is 8.46. The maximum atomic E-state index is 10.4. The van der Waals surface area contributed by atoms with Crippen molar-refractivity contribution in [1.82, 2.24) is 5.32 Å². The predicted molar refractivity (Wildman–Crippen MR) is 97.7 cm³/mol. The van der Waals surface area contributed by atoms with E-state index in [2.05, 4.69) is 48.3 Å². The molecular formula is C20H28N2O. The summed E-state index contributed by atoms with van der Waals surface area (Å²) in [6.07, 6.45) is -0.494. The van der Waals surface area contributed by atoms with Gasteiger partial charge in [0.05, 0.1) is 6.10 Å². The van der Waals surface area contributed by atoms with E-state index in [-0.39, 0.29) is 6.04 Å². The van der Waals surface area contributed by atoms with Crippen molar-refractivity contribution in [2.24, 2.45) is 0 Å². The van der Waals surface area contributed by atoms with Crippen LogP contribution in [0.25, 0.3) is 0 Å². The van der Waals surface area contributed by atoms with Gasteiger partial charge in [-0.25, -0.2) is 0 Å². The maximum absolute atomic E-state index is 10.4. The normalized spacial score (nSPS) is 13.6. The van der Waals surface area contributed by atoms with Crippen LogP contribution in [0.15, 0.2) is 54.6 Å². The summed E-state index contributed by atoms with van der Waals surface area (Å²) in [5, 5.41) is 13.8. The third kappa shape index (κ3) is 4.81. The molecule has 0 saturated heterocycles. The molecule has 124 valence electrons. The zero-order valence-electron chi connectivity index (χ0n) is 14.4. The van der Waals surface area contributed by atoms with Crippen molar-refractivity contribution in [2.75, 3.05) is 18.0 Å². The fourth-order valence-corrected chi connectivity index (χ4v) is 2.74. The highest BCUT2D eigenvalue weighted by Crippen LogP contribution is 2.18. The van der Waals surface area contributed by atoms with Crippen LogP contribution in [0.5, 0.6) is 0 Å². The van der Waals surface area contributed by atoms with Gasteiger partial charge in [0.2, 0.25) is 0 Å². The minimum atomic E-state index is -0.494. The van der Waals surface area contributed by atoms with Crippen LogP contribution in [-0.4, -0.2) is 24.2 Å². The number of hydrogen-bond donors (Lipinski definition) is 2. The van der Waals surface area contributed by atoms with Crippen molar-refractivity contribution in [1.29, 1.82) is 0 Å². The number of hydrogen-bond acceptors (Lipinski definition) is 3. The summed E-state index contributed by atoms with van der Waals surface area (Å²) in [6, 6.07) is 18.4. The molecule has 23 heavy (non-hydrogen) atoms. The lowest BCUT2D eigenvalue weighted by Crippen LogP contribution is -2.31. The van der Waals surface area contributed by atoms with Gasteiger partial charge in [-0.3, -0.25) is 0 Å². The summed E-state index contributed by atoms with van der Waals surface area (Å²) >= 11 is 0. The van der Waals surface area contributed by atoms with Crippen molar-refractivity contribution >= 4 is 5.69 Å². The van der Waals surface area contributed by atoms with Crippen LogP contribution in [0.3, 0.4) is 0 Å². The Morgan fingerprint density at radius 2 is 1.57 bits per heavy atom. The number of nitrogens with zero attached hydrogens (tertiary/aromatic N) is 1. The molecule has 0 fully saturated rings. The Morgan fingerprint density at radius 3 is 2.13 bits per heavy atom. The number of nitrogens with one attached hydrogen (secondary N) is 1. The van der Waals surface area contributed by atoms with Crippen LogP contribution < -0.4 is 10.2 Å². The Balaban J connectivity index is 1.90. The van der Waals surface area contributed by atoms with E-state index in [1.165, 1.54) is 11.3 Å². The summed E-state index contributed by atoms with van der Waals surface area (Å²) in [5.74, 6) is 0. The molecule has 3 heteroatoms. The van der Waals surface area contributed by atoms with E-state index in [4.69, 9.17) is 0 Å². The molecule has 3 nitrogen and oxygen atoms in total. The Bertz CT molecular complexity index is 564. The second-order valence-electron chi connectivity index (χ2n) is 5.86. The van der Waals surface area contributed by atoms with Crippen molar-refractivity contribution < 1.29 is 5.11 Å². The van der Waals surface area contributed by atoms with Gasteiger partial charge < -0.3 is 15.3 Å². The summed E-state index contributed by atoms with van der Waals surface area (Å²) in [6.45, 7) is 9.16. The molecule has 2 N–H and O–H groups in total. The minimum Gasteiger partial charge on any atom is -0.387 e. The average Bonchev–Trinajstić information content (AvgIpc) is 2.62. The summed E-state index contributed by atoms with van der Waals surface area (Å²) < 4.78 is 0. The van der Waals surface area contributed by atoms with E-state index in [0.717, 1.165) is 25.2 Å². The van der Waals surface area contributed by atoms with Gasteiger partial charge >= 0.3 is 0 Å². The number of aliphatic hydroxyl groups excluding tert-OH is 1. The molecule has 2 unspecified atom stereocenters. The third-order valence-corrected chi connectivity index (χ3v) is 4.31. The van der Waals surface area contributed by atoms with E-state index in [1.807, 2.05) is 37.3 Å². The molecule has 2 rings (SSSR count). The molecule has 0 radical (unpaired) electrons. The zero-order valence-corrected chi connectivity index (χ0v) is 14.4. The zero-order chi connectivity index (χ0) is 16.7. The van der Waals surface area contributed by atoms with E-state index < -0.39 is 6.10 Å². The molecule has 0 amide bonds. The first-order chi connectivity index (χ1) is 11.2. The van der Waals surface area contributed by atoms with Crippen LogP contribution in [-0.2, 0) is 6.54 Å². The number of rotatable bonds is 8. The van der Waals surface area contributed by atoms with E-state index in [9.17, 15) is 5.11 Å².